The van der Waals surface area contributed by atoms with E-state index in [4.69, 9.17) is 0 Å². The summed E-state index contributed by atoms with van der Waals surface area (Å²) in [6, 6.07) is 4.21. The molecule has 3 atom stereocenters. The Morgan fingerprint density at radius 2 is 1.27 bits per heavy atom. The third-order valence-electron chi connectivity index (χ3n) is 7.36. The van der Waals surface area contributed by atoms with Crippen LogP contribution in [0.4, 0.5) is 55.7 Å². The highest BCUT2D eigenvalue weighted by Gasteiger charge is 2.37. The van der Waals surface area contributed by atoms with E-state index in [9.17, 15) is 44.3 Å². The van der Waals surface area contributed by atoms with E-state index in [0.29, 0.717) is 43.8 Å². The molecule has 14 heteroatoms. The summed E-state index contributed by atoms with van der Waals surface area (Å²) in [7, 11) is 0. The minimum Gasteiger partial charge on any atom is -0.370 e. The van der Waals surface area contributed by atoms with Crippen molar-refractivity contribution in [3.05, 3.63) is 59.2 Å². The van der Waals surface area contributed by atoms with E-state index >= 15 is 0 Å². The van der Waals surface area contributed by atoms with Crippen LogP contribution >= 0.6 is 0 Å². The van der Waals surface area contributed by atoms with Crippen LogP contribution in [-0.2, 0) is 18.5 Å². The molecule has 5 nitrogen and oxygen atoms in total. The van der Waals surface area contributed by atoms with Crippen molar-refractivity contribution >= 4 is 17.4 Å². The van der Waals surface area contributed by atoms with Crippen LogP contribution in [0.3, 0.4) is 0 Å². The fourth-order valence-electron chi connectivity index (χ4n) is 5.38. The molecular formula is C27H29F9N4O. The number of nitrogens with zero attached hydrogens (tertiary/aromatic N) is 1. The SMILES string of the molecule is O=C(Nc1cc(C(F)(F)F)cc(C(F)(F)F)c1)NC1CCCCC1NC1CCCN(c2ccc(C(F)(F)F)cc2)C1. The van der Waals surface area contributed by atoms with Crippen LogP contribution in [0.25, 0.3) is 0 Å². The Labute approximate surface area is 230 Å². The monoisotopic (exact) mass is 596 g/mol. The molecule has 1 heterocycles. The maximum absolute atomic E-state index is 13.2. The van der Waals surface area contributed by atoms with Gasteiger partial charge in [0.1, 0.15) is 0 Å². The second-order valence-corrected chi connectivity index (χ2v) is 10.4. The number of piperidine rings is 1. The number of hydrogen-bond acceptors (Lipinski definition) is 3. The van der Waals surface area contributed by atoms with Gasteiger partial charge in [0.05, 0.1) is 16.7 Å². The molecule has 3 unspecified atom stereocenters. The molecular weight excluding hydrogens is 567 g/mol. The van der Waals surface area contributed by atoms with Crippen molar-refractivity contribution in [3.63, 3.8) is 0 Å². The number of carbonyl (C=O) groups is 1. The molecule has 4 rings (SSSR count). The van der Waals surface area contributed by atoms with Gasteiger partial charge in [-0.3, -0.25) is 0 Å². The van der Waals surface area contributed by atoms with Gasteiger partial charge in [0.2, 0.25) is 0 Å². The van der Waals surface area contributed by atoms with Crippen LogP contribution in [0.1, 0.15) is 55.2 Å². The van der Waals surface area contributed by atoms with Crippen LogP contribution in [0.5, 0.6) is 0 Å². The van der Waals surface area contributed by atoms with Gasteiger partial charge in [-0.1, -0.05) is 12.8 Å². The first-order valence-corrected chi connectivity index (χ1v) is 13.1. The Hall–Kier alpha value is -3.16. The Morgan fingerprint density at radius 3 is 1.83 bits per heavy atom. The second kappa shape index (κ2) is 12.0. The number of benzene rings is 2. The van der Waals surface area contributed by atoms with E-state index in [1.807, 2.05) is 4.90 Å². The molecule has 41 heavy (non-hydrogen) atoms. The van der Waals surface area contributed by atoms with Gasteiger partial charge in [-0.2, -0.15) is 39.5 Å². The fourth-order valence-corrected chi connectivity index (χ4v) is 5.38. The third kappa shape index (κ3) is 8.20. The zero-order chi connectivity index (χ0) is 30.0. The molecule has 1 aliphatic carbocycles. The molecule has 2 aliphatic rings. The van der Waals surface area contributed by atoms with E-state index in [0.717, 1.165) is 37.8 Å². The molecule has 2 amide bonds. The molecule has 0 radical (unpaired) electrons. The van der Waals surface area contributed by atoms with Crippen molar-refractivity contribution in [1.29, 1.82) is 0 Å². The van der Waals surface area contributed by atoms with Crippen LogP contribution in [0.2, 0.25) is 0 Å². The van der Waals surface area contributed by atoms with Gasteiger partial charge < -0.3 is 20.9 Å². The molecule has 2 aromatic rings. The fraction of sp³-hybridized carbons (Fsp3) is 0.519. The van der Waals surface area contributed by atoms with Crippen molar-refractivity contribution in [2.45, 2.75) is 75.2 Å². The van der Waals surface area contributed by atoms with Crippen molar-refractivity contribution in [3.8, 4) is 0 Å². The summed E-state index contributed by atoms with van der Waals surface area (Å²) in [5.74, 6) is 0. The first-order valence-electron chi connectivity index (χ1n) is 13.1. The quantitative estimate of drug-likeness (QED) is 0.315. The zero-order valence-electron chi connectivity index (χ0n) is 21.7. The lowest BCUT2D eigenvalue weighted by molar-refractivity contribution is -0.143. The van der Waals surface area contributed by atoms with Crippen molar-refractivity contribution in [1.82, 2.24) is 10.6 Å². The number of rotatable bonds is 5. The maximum Gasteiger partial charge on any atom is 0.416 e. The summed E-state index contributed by atoms with van der Waals surface area (Å²) in [5.41, 5.74) is -3.78. The standard InChI is InChI=1S/C27H29F9N4O/c28-25(29,30)16-7-9-21(10-8-16)40-11-3-4-19(15-40)37-22-5-1-2-6-23(22)39-24(41)38-20-13-17(26(31,32)33)12-18(14-20)27(34,35)36/h7-10,12-14,19,22-23,37H,1-6,11,15H2,(H2,38,39,41). The lowest BCUT2D eigenvalue weighted by Gasteiger charge is -2.40. The first-order chi connectivity index (χ1) is 19.1. The van der Waals surface area contributed by atoms with E-state index in [1.165, 1.54) is 12.1 Å². The highest BCUT2D eigenvalue weighted by atomic mass is 19.4. The molecule has 226 valence electrons. The van der Waals surface area contributed by atoms with Crippen LogP contribution in [0.15, 0.2) is 42.5 Å². The highest BCUT2D eigenvalue weighted by molar-refractivity contribution is 5.89. The normalized spacial score (nSPS) is 22.4. The van der Waals surface area contributed by atoms with Gasteiger partial charge in [-0.25, -0.2) is 4.79 Å². The van der Waals surface area contributed by atoms with Gasteiger partial charge in [0, 0.05) is 42.6 Å². The molecule has 0 bridgehead atoms. The largest absolute Gasteiger partial charge is 0.416 e. The average Bonchev–Trinajstić information content (AvgIpc) is 2.88. The highest BCUT2D eigenvalue weighted by Crippen LogP contribution is 2.37. The second-order valence-electron chi connectivity index (χ2n) is 10.4. The van der Waals surface area contributed by atoms with Crippen molar-refractivity contribution in [2.75, 3.05) is 23.3 Å². The summed E-state index contributed by atoms with van der Waals surface area (Å²) in [6.07, 6.45) is -10.1. The van der Waals surface area contributed by atoms with Gasteiger partial charge >= 0.3 is 24.6 Å². The third-order valence-corrected chi connectivity index (χ3v) is 7.36. The lowest BCUT2D eigenvalue weighted by Crippen LogP contribution is -2.57. The molecule has 1 saturated heterocycles. The summed E-state index contributed by atoms with van der Waals surface area (Å²) >= 11 is 0. The number of nitrogens with one attached hydrogen (secondary N) is 3. The van der Waals surface area contributed by atoms with E-state index < -0.39 is 53.0 Å². The van der Waals surface area contributed by atoms with Gasteiger partial charge in [-0.05, 0) is 68.1 Å². The number of halogens is 9. The van der Waals surface area contributed by atoms with Crippen LogP contribution in [0, 0.1) is 0 Å². The molecule has 1 aliphatic heterocycles. The maximum atomic E-state index is 13.2. The molecule has 0 spiro atoms. The Morgan fingerprint density at radius 1 is 0.707 bits per heavy atom. The number of urea groups is 1. The Bertz CT molecular complexity index is 1160. The van der Waals surface area contributed by atoms with E-state index in [2.05, 4.69) is 16.0 Å². The molecule has 2 fully saturated rings. The average molecular weight is 597 g/mol. The summed E-state index contributed by atoms with van der Waals surface area (Å²) in [6.45, 7) is 1.18. The number of amides is 2. The van der Waals surface area contributed by atoms with Crippen molar-refractivity contribution in [2.24, 2.45) is 0 Å². The van der Waals surface area contributed by atoms with E-state index in [-0.39, 0.29) is 18.2 Å². The van der Waals surface area contributed by atoms with Gasteiger partial charge in [-0.15, -0.1) is 0 Å². The minimum atomic E-state index is -5.04. The van der Waals surface area contributed by atoms with Gasteiger partial charge in [0.25, 0.3) is 0 Å². The number of alkyl halides is 9. The summed E-state index contributed by atoms with van der Waals surface area (Å²) in [4.78, 5) is 14.7. The molecule has 3 N–H and O–H groups in total. The smallest absolute Gasteiger partial charge is 0.370 e. The van der Waals surface area contributed by atoms with Crippen LogP contribution < -0.4 is 20.9 Å². The topological polar surface area (TPSA) is 56.4 Å². The number of carbonyl (C=O) groups excluding carboxylic acids is 1. The Balaban J connectivity index is 1.39. The first kappa shape index (κ1) is 30.8. The van der Waals surface area contributed by atoms with Crippen molar-refractivity contribution < 1.29 is 44.3 Å². The molecule has 2 aromatic carbocycles. The molecule has 0 aromatic heterocycles. The predicted molar refractivity (Wildman–Crippen MR) is 134 cm³/mol. The zero-order valence-corrected chi connectivity index (χ0v) is 21.7. The Kier molecular flexibility index (Phi) is 9.00. The van der Waals surface area contributed by atoms with Crippen LogP contribution in [-0.4, -0.2) is 37.2 Å². The predicted octanol–water partition coefficient (Wildman–Crippen LogP) is 7.43. The summed E-state index contributed by atoms with van der Waals surface area (Å²) < 4.78 is 118. The number of anilines is 2. The van der Waals surface area contributed by atoms with E-state index in [1.54, 1.807) is 0 Å². The summed E-state index contributed by atoms with van der Waals surface area (Å²) in [5, 5.41) is 8.32. The molecule has 1 saturated carbocycles. The minimum absolute atomic E-state index is 0.0116. The van der Waals surface area contributed by atoms with Gasteiger partial charge in [0.15, 0.2) is 0 Å². The lowest BCUT2D eigenvalue weighted by atomic mass is 9.89. The number of hydrogen-bond donors (Lipinski definition) is 3.